The summed E-state index contributed by atoms with van der Waals surface area (Å²) in [4.78, 5) is 0. The van der Waals surface area contributed by atoms with Gasteiger partial charge in [0.15, 0.2) is 0 Å². The lowest BCUT2D eigenvalue weighted by Crippen LogP contribution is -1.91. The lowest BCUT2D eigenvalue weighted by Gasteiger charge is -2.09. The van der Waals surface area contributed by atoms with Gasteiger partial charge in [0.05, 0.1) is 14.2 Å². The zero-order chi connectivity index (χ0) is 11.8. The second-order valence-electron chi connectivity index (χ2n) is 2.85. The van der Waals surface area contributed by atoms with Gasteiger partial charge in [-0.25, -0.2) is 0 Å². The second-order valence-corrected chi connectivity index (χ2v) is 2.85. The van der Waals surface area contributed by atoms with E-state index in [0.29, 0.717) is 0 Å². The number of hydrogen-bond acceptors (Lipinski definition) is 2. The van der Waals surface area contributed by atoms with Crippen molar-refractivity contribution in [1.29, 1.82) is 0 Å². The summed E-state index contributed by atoms with van der Waals surface area (Å²) in [7, 11) is 3.27. The van der Waals surface area contributed by atoms with Crippen LogP contribution in [0.2, 0.25) is 0 Å². The molecule has 84 valence electrons. The molecule has 0 fully saturated rings. The summed E-state index contributed by atoms with van der Waals surface area (Å²) in [5.74, 6) is 1.59. The molecule has 1 aromatic rings. The Morgan fingerprint density at radius 2 is 1.73 bits per heavy atom. The maximum absolute atomic E-state index is 5.21. The molecule has 0 radical (unpaired) electrons. The molecule has 0 spiro atoms. The molecule has 0 heterocycles. The summed E-state index contributed by atoms with van der Waals surface area (Å²) in [5, 5.41) is 0. The van der Waals surface area contributed by atoms with Gasteiger partial charge in [0.1, 0.15) is 11.5 Å². The van der Waals surface area contributed by atoms with E-state index in [0.717, 1.165) is 22.6 Å². The summed E-state index contributed by atoms with van der Waals surface area (Å²) in [6.07, 6.45) is 0. The maximum atomic E-state index is 5.21. The summed E-state index contributed by atoms with van der Waals surface area (Å²) >= 11 is 0. The molecule has 0 saturated heterocycles. The first-order valence-electron chi connectivity index (χ1n) is 5.07. The topological polar surface area (TPSA) is 18.5 Å². The third kappa shape index (κ3) is 3.66. The standard InChI is InChI=1S/C11H14O2.C2H6/c1-8(2)10-6-5-9(12-3)7-11(10)13-4;1-2/h5-7H,1H2,2-4H3;1-2H3. The van der Waals surface area contributed by atoms with Crippen LogP contribution in [0, 0.1) is 0 Å². The summed E-state index contributed by atoms with van der Waals surface area (Å²) in [6.45, 7) is 9.82. The van der Waals surface area contributed by atoms with Gasteiger partial charge in [0.2, 0.25) is 0 Å². The van der Waals surface area contributed by atoms with Crippen LogP contribution in [-0.2, 0) is 0 Å². The van der Waals surface area contributed by atoms with Crippen molar-refractivity contribution in [2.24, 2.45) is 0 Å². The highest BCUT2D eigenvalue weighted by atomic mass is 16.5. The Morgan fingerprint density at radius 1 is 1.13 bits per heavy atom. The Kier molecular flexibility index (Phi) is 6.27. The van der Waals surface area contributed by atoms with Crippen molar-refractivity contribution in [1.82, 2.24) is 0 Å². The lowest BCUT2D eigenvalue weighted by atomic mass is 10.1. The molecule has 1 aromatic carbocycles. The Morgan fingerprint density at radius 3 is 2.13 bits per heavy atom. The van der Waals surface area contributed by atoms with E-state index in [1.807, 2.05) is 39.0 Å². The first-order valence-corrected chi connectivity index (χ1v) is 5.07. The molecule has 0 aliphatic heterocycles. The summed E-state index contributed by atoms with van der Waals surface area (Å²) in [6, 6.07) is 5.69. The van der Waals surface area contributed by atoms with E-state index >= 15 is 0 Å². The van der Waals surface area contributed by atoms with E-state index in [-0.39, 0.29) is 0 Å². The van der Waals surface area contributed by atoms with Gasteiger partial charge >= 0.3 is 0 Å². The van der Waals surface area contributed by atoms with E-state index in [9.17, 15) is 0 Å². The highest BCUT2D eigenvalue weighted by Crippen LogP contribution is 2.28. The van der Waals surface area contributed by atoms with Gasteiger partial charge in [-0.05, 0) is 24.6 Å². The third-order valence-corrected chi connectivity index (χ3v) is 1.87. The SMILES string of the molecule is C=C(C)c1ccc(OC)cc1OC.CC. The molecule has 0 amide bonds. The van der Waals surface area contributed by atoms with Crippen LogP contribution in [0.3, 0.4) is 0 Å². The minimum absolute atomic E-state index is 0.793. The molecule has 15 heavy (non-hydrogen) atoms. The quantitative estimate of drug-likeness (QED) is 0.753. The Bertz CT molecular complexity index is 316. The summed E-state index contributed by atoms with van der Waals surface area (Å²) < 4.78 is 10.3. The van der Waals surface area contributed by atoms with Crippen LogP contribution in [-0.4, -0.2) is 14.2 Å². The van der Waals surface area contributed by atoms with Gasteiger partial charge in [-0.15, -0.1) is 0 Å². The van der Waals surface area contributed by atoms with Gasteiger partial charge in [0.25, 0.3) is 0 Å². The molecule has 0 bridgehead atoms. The molecule has 0 aliphatic rings. The van der Waals surface area contributed by atoms with Crippen molar-refractivity contribution >= 4 is 5.57 Å². The van der Waals surface area contributed by atoms with E-state index in [2.05, 4.69) is 6.58 Å². The van der Waals surface area contributed by atoms with E-state index in [1.165, 1.54) is 0 Å². The van der Waals surface area contributed by atoms with Crippen LogP contribution in [0.15, 0.2) is 24.8 Å². The van der Waals surface area contributed by atoms with Crippen molar-refractivity contribution < 1.29 is 9.47 Å². The van der Waals surface area contributed by atoms with Crippen LogP contribution in [0.1, 0.15) is 26.3 Å². The molecule has 0 N–H and O–H groups in total. The van der Waals surface area contributed by atoms with Crippen molar-refractivity contribution in [3.63, 3.8) is 0 Å². The average Bonchev–Trinajstić information content (AvgIpc) is 2.30. The number of allylic oxidation sites excluding steroid dienone is 1. The minimum Gasteiger partial charge on any atom is -0.497 e. The maximum Gasteiger partial charge on any atom is 0.130 e. The number of methoxy groups -OCH3 is 2. The van der Waals surface area contributed by atoms with E-state index < -0.39 is 0 Å². The zero-order valence-corrected chi connectivity index (χ0v) is 10.3. The molecule has 0 atom stereocenters. The normalized spacial score (nSPS) is 8.60. The molecule has 0 saturated carbocycles. The first kappa shape index (κ1) is 13.6. The minimum atomic E-state index is 0.793. The van der Waals surface area contributed by atoms with E-state index in [4.69, 9.17) is 9.47 Å². The van der Waals surface area contributed by atoms with Crippen molar-refractivity contribution in [3.8, 4) is 11.5 Å². The molecular weight excluding hydrogens is 188 g/mol. The number of benzene rings is 1. The van der Waals surface area contributed by atoms with Crippen LogP contribution in [0.5, 0.6) is 11.5 Å². The number of hydrogen-bond donors (Lipinski definition) is 0. The highest BCUT2D eigenvalue weighted by Gasteiger charge is 2.04. The molecule has 1 rings (SSSR count). The monoisotopic (exact) mass is 208 g/mol. The lowest BCUT2D eigenvalue weighted by molar-refractivity contribution is 0.393. The molecule has 0 unspecified atom stereocenters. The fraction of sp³-hybridized carbons (Fsp3) is 0.385. The molecule has 2 nitrogen and oxygen atoms in total. The van der Waals surface area contributed by atoms with Crippen molar-refractivity contribution in [2.75, 3.05) is 14.2 Å². The predicted molar refractivity (Wildman–Crippen MR) is 65.6 cm³/mol. The highest BCUT2D eigenvalue weighted by molar-refractivity contribution is 5.68. The smallest absolute Gasteiger partial charge is 0.130 e. The Labute approximate surface area is 92.5 Å². The third-order valence-electron chi connectivity index (χ3n) is 1.87. The van der Waals surface area contributed by atoms with Gasteiger partial charge in [-0.2, -0.15) is 0 Å². The Balaban J connectivity index is 0.000000921. The average molecular weight is 208 g/mol. The van der Waals surface area contributed by atoms with Gasteiger partial charge in [-0.1, -0.05) is 20.4 Å². The second kappa shape index (κ2) is 6.93. The van der Waals surface area contributed by atoms with Crippen LogP contribution >= 0.6 is 0 Å². The zero-order valence-electron chi connectivity index (χ0n) is 10.3. The van der Waals surface area contributed by atoms with E-state index in [1.54, 1.807) is 14.2 Å². The predicted octanol–water partition coefficient (Wildman–Crippen LogP) is 3.76. The van der Waals surface area contributed by atoms with Gasteiger partial charge < -0.3 is 9.47 Å². The summed E-state index contributed by atoms with van der Waals surface area (Å²) in [5.41, 5.74) is 2.00. The molecule has 2 heteroatoms. The van der Waals surface area contributed by atoms with Gasteiger partial charge in [0, 0.05) is 11.6 Å². The largest absolute Gasteiger partial charge is 0.497 e. The van der Waals surface area contributed by atoms with Crippen molar-refractivity contribution in [3.05, 3.63) is 30.3 Å². The molecule has 0 aromatic heterocycles. The Hall–Kier alpha value is -1.44. The van der Waals surface area contributed by atoms with Gasteiger partial charge in [-0.3, -0.25) is 0 Å². The van der Waals surface area contributed by atoms with Crippen LogP contribution < -0.4 is 9.47 Å². The number of ether oxygens (including phenoxy) is 2. The van der Waals surface area contributed by atoms with Crippen LogP contribution in [0.25, 0.3) is 5.57 Å². The molecule has 0 aliphatic carbocycles. The number of rotatable bonds is 3. The fourth-order valence-electron chi connectivity index (χ4n) is 1.15. The van der Waals surface area contributed by atoms with Crippen molar-refractivity contribution in [2.45, 2.75) is 20.8 Å². The fourth-order valence-corrected chi connectivity index (χ4v) is 1.15. The molecular formula is C13H20O2. The van der Waals surface area contributed by atoms with Crippen LogP contribution in [0.4, 0.5) is 0 Å². The first-order chi connectivity index (χ1) is 7.19.